The van der Waals surface area contributed by atoms with Crippen LogP contribution in [0.25, 0.3) is 11.4 Å². The number of halogens is 1. The molecular formula is C21H24FN5OS. The van der Waals surface area contributed by atoms with E-state index in [1.54, 1.807) is 24.5 Å². The third kappa shape index (κ3) is 5.20. The molecule has 1 atom stereocenters. The van der Waals surface area contributed by atoms with Gasteiger partial charge in [0.1, 0.15) is 5.82 Å². The number of carbonyl (C=O) groups excluding carboxylic acids is 1. The van der Waals surface area contributed by atoms with E-state index in [-0.39, 0.29) is 29.4 Å². The first-order valence-electron chi connectivity index (χ1n) is 9.50. The van der Waals surface area contributed by atoms with Crippen LogP contribution >= 0.6 is 11.8 Å². The molecular weight excluding hydrogens is 389 g/mol. The van der Waals surface area contributed by atoms with Crippen LogP contribution in [0.1, 0.15) is 32.4 Å². The fourth-order valence-corrected chi connectivity index (χ4v) is 3.86. The van der Waals surface area contributed by atoms with Gasteiger partial charge in [-0.1, -0.05) is 37.7 Å². The Labute approximate surface area is 174 Å². The molecule has 0 saturated heterocycles. The Bertz CT molecular complexity index is 943. The topological polar surface area (TPSA) is 72.7 Å². The van der Waals surface area contributed by atoms with Crippen molar-refractivity contribution in [2.45, 2.75) is 38.5 Å². The summed E-state index contributed by atoms with van der Waals surface area (Å²) >= 11 is 1.35. The highest BCUT2D eigenvalue weighted by molar-refractivity contribution is 7.99. The molecule has 0 aliphatic heterocycles. The van der Waals surface area contributed by atoms with Crippen molar-refractivity contribution in [1.29, 1.82) is 0 Å². The highest BCUT2D eigenvalue weighted by Crippen LogP contribution is 2.25. The van der Waals surface area contributed by atoms with Gasteiger partial charge in [-0.15, -0.1) is 10.2 Å². The molecule has 0 spiro atoms. The first-order chi connectivity index (χ1) is 14.0. The van der Waals surface area contributed by atoms with Crippen molar-refractivity contribution in [3.63, 3.8) is 0 Å². The molecule has 3 rings (SSSR count). The van der Waals surface area contributed by atoms with Crippen LogP contribution in [0.3, 0.4) is 0 Å². The van der Waals surface area contributed by atoms with Gasteiger partial charge in [-0.25, -0.2) is 4.39 Å². The summed E-state index contributed by atoms with van der Waals surface area (Å²) in [4.78, 5) is 16.6. The fourth-order valence-electron chi connectivity index (χ4n) is 3.05. The number of rotatable bonds is 8. The van der Waals surface area contributed by atoms with E-state index in [1.165, 1.54) is 23.9 Å². The van der Waals surface area contributed by atoms with Gasteiger partial charge in [0.2, 0.25) is 5.91 Å². The van der Waals surface area contributed by atoms with Crippen LogP contribution in [0.4, 0.5) is 4.39 Å². The third-order valence-electron chi connectivity index (χ3n) is 4.52. The molecule has 6 nitrogen and oxygen atoms in total. The number of benzene rings is 1. The molecule has 1 aromatic carbocycles. The van der Waals surface area contributed by atoms with Crippen LogP contribution in [0.15, 0.2) is 53.9 Å². The van der Waals surface area contributed by atoms with Gasteiger partial charge in [0.25, 0.3) is 0 Å². The van der Waals surface area contributed by atoms with Gasteiger partial charge in [0.15, 0.2) is 11.0 Å². The maximum Gasteiger partial charge on any atom is 0.230 e. The average molecular weight is 414 g/mol. The summed E-state index contributed by atoms with van der Waals surface area (Å²) in [5, 5.41) is 12.3. The van der Waals surface area contributed by atoms with Crippen molar-refractivity contribution in [2.75, 3.05) is 5.75 Å². The van der Waals surface area contributed by atoms with Gasteiger partial charge in [-0.3, -0.25) is 9.78 Å². The monoisotopic (exact) mass is 413 g/mol. The maximum absolute atomic E-state index is 13.2. The normalized spacial score (nSPS) is 12.2. The van der Waals surface area contributed by atoms with Gasteiger partial charge >= 0.3 is 0 Å². The molecule has 8 heteroatoms. The molecule has 152 valence electrons. The Hall–Kier alpha value is -2.74. The predicted octanol–water partition coefficient (Wildman–Crippen LogP) is 4.10. The minimum Gasteiger partial charge on any atom is -0.348 e. The number of thioether (sulfide) groups is 1. The van der Waals surface area contributed by atoms with Crippen LogP contribution in [-0.2, 0) is 11.3 Å². The van der Waals surface area contributed by atoms with Gasteiger partial charge in [-0.05, 0) is 42.7 Å². The zero-order chi connectivity index (χ0) is 20.8. The summed E-state index contributed by atoms with van der Waals surface area (Å²) in [6, 6.07) is 9.83. The molecule has 1 amide bonds. The molecule has 1 N–H and O–H groups in total. The first kappa shape index (κ1) is 21.0. The minimum atomic E-state index is -0.290. The zero-order valence-corrected chi connectivity index (χ0v) is 17.5. The lowest BCUT2D eigenvalue weighted by atomic mass is 9.96. The molecule has 2 heterocycles. The van der Waals surface area contributed by atoms with Crippen LogP contribution in [0, 0.1) is 11.7 Å². The Morgan fingerprint density at radius 1 is 1.14 bits per heavy atom. The second-order valence-electron chi connectivity index (χ2n) is 6.92. The van der Waals surface area contributed by atoms with Gasteiger partial charge in [0.05, 0.1) is 11.8 Å². The van der Waals surface area contributed by atoms with E-state index in [9.17, 15) is 9.18 Å². The summed E-state index contributed by atoms with van der Waals surface area (Å²) in [6.45, 7) is 6.76. The fraction of sp³-hybridized carbons (Fsp3) is 0.333. The highest BCUT2D eigenvalue weighted by atomic mass is 32.2. The maximum atomic E-state index is 13.2. The molecule has 2 aromatic heterocycles. The van der Waals surface area contributed by atoms with Crippen molar-refractivity contribution in [3.05, 3.63) is 60.2 Å². The number of aromatic nitrogens is 4. The SMILES string of the molecule is CCn1c(SCC(=O)NC(c2ccc(F)cc2)C(C)C)nnc1-c1ccncc1. The lowest BCUT2D eigenvalue weighted by Gasteiger charge is -2.23. The van der Waals surface area contributed by atoms with Crippen molar-refractivity contribution >= 4 is 17.7 Å². The number of amides is 1. The molecule has 0 aliphatic carbocycles. The second-order valence-corrected chi connectivity index (χ2v) is 7.86. The third-order valence-corrected chi connectivity index (χ3v) is 5.48. The molecule has 1 unspecified atom stereocenters. The number of hydrogen-bond donors (Lipinski definition) is 1. The summed E-state index contributed by atoms with van der Waals surface area (Å²) in [5.74, 6) is 0.756. The Kier molecular flexibility index (Phi) is 6.98. The predicted molar refractivity (Wildman–Crippen MR) is 112 cm³/mol. The zero-order valence-electron chi connectivity index (χ0n) is 16.7. The van der Waals surface area contributed by atoms with Crippen LogP contribution in [0.2, 0.25) is 0 Å². The largest absolute Gasteiger partial charge is 0.348 e. The van der Waals surface area contributed by atoms with E-state index in [1.807, 2.05) is 37.5 Å². The number of nitrogens with zero attached hydrogens (tertiary/aromatic N) is 4. The summed E-state index contributed by atoms with van der Waals surface area (Å²) < 4.78 is 15.2. The molecule has 0 saturated carbocycles. The van der Waals surface area contributed by atoms with E-state index < -0.39 is 0 Å². The second kappa shape index (κ2) is 9.65. The number of pyridine rings is 1. The smallest absolute Gasteiger partial charge is 0.230 e. The summed E-state index contributed by atoms with van der Waals surface area (Å²) in [6.07, 6.45) is 3.43. The Morgan fingerprint density at radius 2 is 1.83 bits per heavy atom. The average Bonchev–Trinajstić information content (AvgIpc) is 3.14. The van der Waals surface area contributed by atoms with Gasteiger partial charge in [-0.2, -0.15) is 0 Å². The minimum absolute atomic E-state index is 0.103. The van der Waals surface area contributed by atoms with E-state index in [2.05, 4.69) is 20.5 Å². The number of hydrogen-bond acceptors (Lipinski definition) is 5. The van der Waals surface area contributed by atoms with E-state index in [4.69, 9.17) is 0 Å². The molecule has 0 aliphatic rings. The van der Waals surface area contributed by atoms with Crippen LogP contribution in [-0.4, -0.2) is 31.4 Å². The van der Waals surface area contributed by atoms with Crippen molar-refractivity contribution in [2.24, 2.45) is 5.92 Å². The highest BCUT2D eigenvalue weighted by Gasteiger charge is 2.20. The van der Waals surface area contributed by atoms with Crippen LogP contribution < -0.4 is 5.32 Å². The standard InChI is InChI=1S/C21H24FN5OS/c1-4-27-20(16-9-11-23-12-10-16)25-26-21(27)29-13-18(28)24-19(14(2)3)15-5-7-17(22)8-6-15/h5-12,14,19H,4,13H2,1-3H3,(H,24,28). The van der Waals surface area contributed by atoms with E-state index in [0.29, 0.717) is 11.7 Å². The molecule has 0 radical (unpaired) electrons. The van der Waals surface area contributed by atoms with E-state index in [0.717, 1.165) is 17.0 Å². The Morgan fingerprint density at radius 3 is 2.45 bits per heavy atom. The molecule has 3 aromatic rings. The van der Waals surface area contributed by atoms with Crippen molar-refractivity contribution < 1.29 is 9.18 Å². The van der Waals surface area contributed by atoms with Crippen LogP contribution in [0.5, 0.6) is 0 Å². The lowest BCUT2D eigenvalue weighted by molar-refractivity contribution is -0.119. The van der Waals surface area contributed by atoms with Gasteiger partial charge < -0.3 is 9.88 Å². The quantitative estimate of drug-likeness (QED) is 0.563. The van der Waals surface area contributed by atoms with E-state index >= 15 is 0 Å². The van der Waals surface area contributed by atoms with Crippen molar-refractivity contribution in [3.8, 4) is 11.4 Å². The molecule has 0 bridgehead atoms. The first-order valence-corrected chi connectivity index (χ1v) is 10.5. The molecule has 29 heavy (non-hydrogen) atoms. The summed E-state index contributed by atoms with van der Waals surface area (Å²) in [5.41, 5.74) is 1.82. The van der Waals surface area contributed by atoms with Gasteiger partial charge in [0, 0.05) is 24.5 Å². The number of carbonyl (C=O) groups is 1. The lowest BCUT2D eigenvalue weighted by Crippen LogP contribution is -2.33. The summed E-state index contributed by atoms with van der Waals surface area (Å²) in [7, 11) is 0. The van der Waals surface area contributed by atoms with Crippen molar-refractivity contribution in [1.82, 2.24) is 25.1 Å². The molecule has 0 fully saturated rings. The Balaban J connectivity index is 1.67. The number of nitrogens with one attached hydrogen (secondary N) is 1.